The van der Waals surface area contributed by atoms with E-state index in [-0.39, 0.29) is 12.2 Å². The number of ether oxygens (including phenoxy) is 2. The van der Waals surface area contributed by atoms with Crippen molar-refractivity contribution in [3.8, 4) is 5.75 Å². The highest BCUT2D eigenvalue weighted by atomic mass is 16.7. The summed E-state index contributed by atoms with van der Waals surface area (Å²) in [5, 5.41) is 2.75. The lowest BCUT2D eigenvalue weighted by Gasteiger charge is -2.24. The van der Waals surface area contributed by atoms with Crippen molar-refractivity contribution in [3.63, 3.8) is 0 Å². The first-order chi connectivity index (χ1) is 9.29. The standard InChI is InChI=1S/C15H19NO3/c1-2-14(17)16-11-12-7-3-4-8-13(12)19-15-9-5-6-10-18-15/h2-4,7-8,15H,1,5-6,9-11H2,(H,16,17). The van der Waals surface area contributed by atoms with Gasteiger partial charge in [0.15, 0.2) is 6.29 Å². The Bertz CT molecular complexity index is 439. The lowest BCUT2D eigenvalue weighted by Crippen LogP contribution is -2.26. The monoisotopic (exact) mass is 261 g/mol. The third-order valence-electron chi connectivity index (χ3n) is 3.01. The molecule has 1 amide bonds. The first-order valence-electron chi connectivity index (χ1n) is 6.56. The van der Waals surface area contributed by atoms with E-state index in [4.69, 9.17) is 9.47 Å². The number of amides is 1. The average Bonchev–Trinajstić information content (AvgIpc) is 2.47. The SMILES string of the molecule is C=CC(=O)NCc1ccccc1OC1CCCCO1. The van der Waals surface area contributed by atoms with Crippen LogP contribution in [0.4, 0.5) is 0 Å². The molecule has 1 fully saturated rings. The second-order valence-electron chi connectivity index (χ2n) is 4.44. The number of carbonyl (C=O) groups is 1. The highest BCUT2D eigenvalue weighted by Gasteiger charge is 2.16. The van der Waals surface area contributed by atoms with Crippen molar-refractivity contribution in [2.45, 2.75) is 32.1 Å². The molecule has 2 rings (SSSR count). The van der Waals surface area contributed by atoms with Crippen LogP contribution >= 0.6 is 0 Å². The van der Waals surface area contributed by atoms with Crippen molar-refractivity contribution in [2.75, 3.05) is 6.61 Å². The first kappa shape index (κ1) is 13.6. The van der Waals surface area contributed by atoms with Gasteiger partial charge in [0.1, 0.15) is 5.75 Å². The van der Waals surface area contributed by atoms with Gasteiger partial charge in [0.2, 0.25) is 5.91 Å². The Labute approximate surface area is 113 Å². The molecule has 1 aromatic rings. The molecule has 1 saturated heterocycles. The quantitative estimate of drug-likeness (QED) is 0.828. The second-order valence-corrected chi connectivity index (χ2v) is 4.44. The molecule has 0 radical (unpaired) electrons. The van der Waals surface area contributed by atoms with E-state index in [1.165, 1.54) is 6.08 Å². The van der Waals surface area contributed by atoms with Gasteiger partial charge < -0.3 is 14.8 Å². The largest absolute Gasteiger partial charge is 0.465 e. The van der Waals surface area contributed by atoms with Gasteiger partial charge in [-0.1, -0.05) is 24.8 Å². The molecule has 4 heteroatoms. The molecule has 0 aromatic heterocycles. The van der Waals surface area contributed by atoms with Crippen molar-refractivity contribution in [1.82, 2.24) is 5.32 Å². The topological polar surface area (TPSA) is 47.6 Å². The van der Waals surface area contributed by atoms with Crippen LogP contribution in [0.1, 0.15) is 24.8 Å². The third kappa shape index (κ3) is 4.10. The smallest absolute Gasteiger partial charge is 0.243 e. The highest BCUT2D eigenvalue weighted by Crippen LogP contribution is 2.23. The van der Waals surface area contributed by atoms with Crippen molar-refractivity contribution < 1.29 is 14.3 Å². The van der Waals surface area contributed by atoms with Crippen LogP contribution in [0.2, 0.25) is 0 Å². The van der Waals surface area contributed by atoms with Gasteiger partial charge in [0, 0.05) is 18.5 Å². The molecule has 1 unspecified atom stereocenters. The Morgan fingerprint density at radius 3 is 3.05 bits per heavy atom. The minimum atomic E-state index is -0.191. The average molecular weight is 261 g/mol. The first-order valence-corrected chi connectivity index (χ1v) is 6.56. The van der Waals surface area contributed by atoms with Gasteiger partial charge in [-0.15, -0.1) is 0 Å². The summed E-state index contributed by atoms with van der Waals surface area (Å²) in [6.45, 7) is 4.60. The number of hydrogen-bond donors (Lipinski definition) is 1. The van der Waals surface area contributed by atoms with Gasteiger partial charge in [-0.25, -0.2) is 0 Å². The maximum absolute atomic E-state index is 11.2. The van der Waals surface area contributed by atoms with Gasteiger partial charge in [0.25, 0.3) is 0 Å². The summed E-state index contributed by atoms with van der Waals surface area (Å²) in [5.74, 6) is 0.572. The lowest BCUT2D eigenvalue weighted by molar-refractivity contribution is -0.116. The van der Waals surface area contributed by atoms with E-state index >= 15 is 0 Å². The zero-order chi connectivity index (χ0) is 13.5. The number of carbonyl (C=O) groups excluding carboxylic acids is 1. The Hall–Kier alpha value is -1.81. The number of rotatable bonds is 5. The molecular weight excluding hydrogens is 242 g/mol. The molecule has 4 nitrogen and oxygen atoms in total. The molecule has 1 aliphatic heterocycles. The Balaban J connectivity index is 1.98. The summed E-state index contributed by atoms with van der Waals surface area (Å²) < 4.78 is 11.4. The van der Waals surface area contributed by atoms with Crippen LogP contribution in [0, 0.1) is 0 Å². The maximum atomic E-state index is 11.2. The number of benzene rings is 1. The summed E-state index contributed by atoms with van der Waals surface area (Å²) in [6.07, 6.45) is 4.21. The van der Waals surface area contributed by atoms with Crippen molar-refractivity contribution >= 4 is 5.91 Å². The fourth-order valence-corrected chi connectivity index (χ4v) is 1.97. The van der Waals surface area contributed by atoms with Gasteiger partial charge in [-0.3, -0.25) is 4.79 Å². The molecule has 19 heavy (non-hydrogen) atoms. The second kappa shape index (κ2) is 6.95. The van der Waals surface area contributed by atoms with E-state index in [1.54, 1.807) is 0 Å². The third-order valence-corrected chi connectivity index (χ3v) is 3.01. The zero-order valence-electron chi connectivity index (χ0n) is 10.9. The molecule has 0 bridgehead atoms. The molecule has 1 heterocycles. The minimum absolute atomic E-state index is 0.176. The predicted molar refractivity (Wildman–Crippen MR) is 72.7 cm³/mol. The lowest BCUT2D eigenvalue weighted by atomic mass is 10.2. The Morgan fingerprint density at radius 1 is 1.47 bits per heavy atom. The van der Waals surface area contributed by atoms with E-state index < -0.39 is 0 Å². The number of hydrogen-bond acceptors (Lipinski definition) is 3. The zero-order valence-corrected chi connectivity index (χ0v) is 10.9. The fraction of sp³-hybridized carbons (Fsp3) is 0.400. The molecule has 0 spiro atoms. The number of para-hydroxylation sites is 1. The van der Waals surface area contributed by atoms with Crippen LogP contribution in [0.15, 0.2) is 36.9 Å². The van der Waals surface area contributed by atoms with Crippen LogP contribution < -0.4 is 10.1 Å². The van der Waals surface area contributed by atoms with Gasteiger partial charge in [0.05, 0.1) is 6.61 Å². The molecule has 1 atom stereocenters. The van der Waals surface area contributed by atoms with Crippen molar-refractivity contribution in [2.24, 2.45) is 0 Å². The molecule has 0 aliphatic carbocycles. The molecule has 0 saturated carbocycles. The molecule has 1 aliphatic rings. The summed E-state index contributed by atoms with van der Waals surface area (Å²) in [7, 11) is 0. The van der Waals surface area contributed by atoms with Crippen LogP contribution in [0.5, 0.6) is 5.75 Å². The number of nitrogens with one attached hydrogen (secondary N) is 1. The van der Waals surface area contributed by atoms with E-state index in [0.717, 1.165) is 37.2 Å². The van der Waals surface area contributed by atoms with E-state index in [0.29, 0.717) is 6.54 Å². The van der Waals surface area contributed by atoms with Crippen molar-refractivity contribution in [1.29, 1.82) is 0 Å². The molecule has 1 aromatic carbocycles. The van der Waals surface area contributed by atoms with Gasteiger partial charge in [-0.2, -0.15) is 0 Å². The maximum Gasteiger partial charge on any atom is 0.243 e. The van der Waals surface area contributed by atoms with E-state index in [2.05, 4.69) is 11.9 Å². The molecule has 102 valence electrons. The van der Waals surface area contributed by atoms with Crippen LogP contribution in [-0.2, 0) is 16.1 Å². The Kier molecular flexibility index (Phi) is 4.98. The summed E-state index contributed by atoms with van der Waals surface area (Å²) >= 11 is 0. The molecular formula is C15H19NO3. The van der Waals surface area contributed by atoms with Crippen molar-refractivity contribution in [3.05, 3.63) is 42.5 Å². The predicted octanol–water partition coefficient (Wildman–Crippen LogP) is 2.39. The van der Waals surface area contributed by atoms with Crippen LogP contribution in [0.3, 0.4) is 0 Å². The highest BCUT2D eigenvalue weighted by molar-refractivity contribution is 5.86. The van der Waals surface area contributed by atoms with Gasteiger partial charge >= 0.3 is 0 Å². The molecule has 1 N–H and O–H groups in total. The van der Waals surface area contributed by atoms with E-state index in [9.17, 15) is 4.79 Å². The minimum Gasteiger partial charge on any atom is -0.465 e. The fourth-order valence-electron chi connectivity index (χ4n) is 1.97. The van der Waals surface area contributed by atoms with Crippen LogP contribution in [-0.4, -0.2) is 18.8 Å². The van der Waals surface area contributed by atoms with Crippen LogP contribution in [0.25, 0.3) is 0 Å². The summed E-state index contributed by atoms with van der Waals surface area (Å²) in [5.41, 5.74) is 0.937. The van der Waals surface area contributed by atoms with E-state index in [1.807, 2.05) is 24.3 Å². The summed E-state index contributed by atoms with van der Waals surface area (Å²) in [4.78, 5) is 11.2. The Morgan fingerprint density at radius 2 is 2.32 bits per heavy atom. The summed E-state index contributed by atoms with van der Waals surface area (Å²) in [6, 6.07) is 7.66. The van der Waals surface area contributed by atoms with Gasteiger partial charge in [-0.05, 0) is 25.0 Å². The normalized spacial score (nSPS) is 18.6.